The smallest absolute Gasteiger partial charge is 0.309 e. The van der Waals surface area contributed by atoms with E-state index in [1.165, 1.54) is 0 Å². The Morgan fingerprint density at radius 3 is 1.30 bits per heavy atom. The molecule has 40 heavy (non-hydrogen) atoms. The molecule has 6 nitrogen and oxygen atoms in total. The van der Waals surface area contributed by atoms with Crippen molar-refractivity contribution in [2.24, 2.45) is 21.7 Å². The molecule has 0 saturated heterocycles. The largest absolute Gasteiger partial charge is 0.481 e. The van der Waals surface area contributed by atoms with Gasteiger partial charge in [-0.05, 0) is 88.5 Å². The fraction of sp³-hybridized carbons (Fsp3) is 0.647. The van der Waals surface area contributed by atoms with E-state index in [4.69, 9.17) is 0 Å². The van der Waals surface area contributed by atoms with Gasteiger partial charge in [0.1, 0.15) is 0 Å². The Morgan fingerprint density at radius 2 is 1.00 bits per heavy atom. The normalized spacial score (nSPS) is 22.9. The highest BCUT2D eigenvalue weighted by molar-refractivity contribution is 5.73. The lowest BCUT2D eigenvalue weighted by atomic mass is 9.77. The summed E-state index contributed by atoms with van der Waals surface area (Å²) < 4.78 is 0. The third kappa shape index (κ3) is 9.59. The standard InChI is InChI=1S/C34H52O6/c1-31(2)19-23(13-9-11-17-33(5,6)29(37)38)27(35)25(21-31)15-16-26-22-32(3,4)20-24(28(26)36)14-10-12-18-34(7,8)30(39)40/h15-16,19-22,27-28,35-36H,9-14,17-18H2,1-8H3,(H,37,38)(H,39,40). The number of allylic oxidation sites excluding steroid dienone is 4. The van der Waals surface area contributed by atoms with Gasteiger partial charge in [0, 0.05) is 10.8 Å². The Morgan fingerprint density at radius 1 is 0.675 bits per heavy atom. The van der Waals surface area contributed by atoms with Crippen LogP contribution in [0.3, 0.4) is 0 Å². The fourth-order valence-electron chi connectivity index (χ4n) is 5.54. The highest BCUT2D eigenvalue weighted by Crippen LogP contribution is 2.38. The molecule has 0 saturated carbocycles. The molecule has 0 aromatic carbocycles. The van der Waals surface area contributed by atoms with Gasteiger partial charge in [-0.1, -0.05) is 77.0 Å². The molecule has 0 aliphatic heterocycles. The van der Waals surface area contributed by atoms with Gasteiger partial charge in [-0.15, -0.1) is 0 Å². The summed E-state index contributed by atoms with van der Waals surface area (Å²) in [5, 5.41) is 41.1. The van der Waals surface area contributed by atoms with E-state index in [-0.39, 0.29) is 10.8 Å². The van der Waals surface area contributed by atoms with Crippen LogP contribution in [0.2, 0.25) is 0 Å². The molecular formula is C34H52O6. The minimum atomic E-state index is -0.788. The average Bonchev–Trinajstić information content (AvgIpc) is 2.82. The Bertz CT molecular complexity index is 1010. The van der Waals surface area contributed by atoms with E-state index < -0.39 is 35.0 Å². The number of hydrogen-bond acceptors (Lipinski definition) is 4. The summed E-state index contributed by atoms with van der Waals surface area (Å²) in [6, 6.07) is 0. The number of unbranched alkanes of at least 4 members (excludes halogenated alkanes) is 2. The third-order valence-corrected chi connectivity index (χ3v) is 8.19. The number of aliphatic carboxylic acids is 2. The van der Waals surface area contributed by atoms with Crippen LogP contribution in [0.25, 0.3) is 0 Å². The first-order valence-electron chi connectivity index (χ1n) is 14.7. The highest BCUT2D eigenvalue weighted by Gasteiger charge is 2.30. The second-order valence-corrected chi connectivity index (χ2v) is 14.3. The zero-order chi connectivity index (χ0) is 30.5. The van der Waals surface area contributed by atoms with Crippen LogP contribution in [-0.4, -0.2) is 44.6 Å². The fourth-order valence-corrected chi connectivity index (χ4v) is 5.54. The first-order chi connectivity index (χ1) is 18.3. The molecule has 224 valence electrons. The van der Waals surface area contributed by atoms with Crippen LogP contribution < -0.4 is 0 Å². The first kappa shape index (κ1) is 33.8. The summed E-state index contributed by atoms with van der Waals surface area (Å²) in [5.74, 6) is -1.58. The van der Waals surface area contributed by atoms with Gasteiger partial charge in [-0.25, -0.2) is 0 Å². The van der Waals surface area contributed by atoms with Crippen molar-refractivity contribution in [1.82, 2.24) is 0 Å². The van der Waals surface area contributed by atoms with Crippen molar-refractivity contribution in [3.05, 3.63) is 58.7 Å². The van der Waals surface area contributed by atoms with Crippen LogP contribution in [0.1, 0.15) is 107 Å². The van der Waals surface area contributed by atoms with Gasteiger partial charge in [-0.2, -0.15) is 0 Å². The number of hydrogen-bond donors (Lipinski definition) is 4. The van der Waals surface area contributed by atoms with Gasteiger partial charge in [0.15, 0.2) is 0 Å². The second-order valence-electron chi connectivity index (χ2n) is 14.3. The zero-order valence-electron chi connectivity index (χ0n) is 25.9. The number of aliphatic hydroxyl groups excluding tert-OH is 2. The molecule has 0 radical (unpaired) electrons. The van der Waals surface area contributed by atoms with E-state index >= 15 is 0 Å². The maximum absolute atomic E-state index is 11.4. The lowest BCUT2D eigenvalue weighted by Crippen LogP contribution is -2.25. The Balaban J connectivity index is 2.07. The van der Waals surface area contributed by atoms with Gasteiger partial charge in [0.2, 0.25) is 0 Å². The molecule has 2 atom stereocenters. The molecule has 2 aliphatic rings. The predicted molar refractivity (Wildman–Crippen MR) is 161 cm³/mol. The lowest BCUT2D eigenvalue weighted by molar-refractivity contribution is -0.148. The Labute approximate surface area is 241 Å². The minimum absolute atomic E-state index is 0.234. The quantitative estimate of drug-likeness (QED) is 0.131. The van der Waals surface area contributed by atoms with E-state index in [2.05, 4.69) is 52.0 Å². The summed E-state index contributed by atoms with van der Waals surface area (Å²) >= 11 is 0. The number of aliphatic hydroxyl groups is 2. The van der Waals surface area contributed by atoms with Gasteiger partial charge >= 0.3 is 11.9 Å². The van der Waals surface area contributed by atoms with Crippen LogP contribution in [0, 0.1) is 21.7 Å². The maximum atomic E-state index is 11.4. The number of rotatable bonds is 14. The molecule has 0 aromatic heterocycles. The van der Waals surface area contributed by atoms with Crippen molar-refractivity contribution in [1.29, 1.82) is 0 Å². The Kier molecular flexibility index (Phi) is 11.0. The Hall–Kier alpha value is -2.44. The summed E-state index contributed by atoms with van der Waals surface area (Å²) in [6.07, 6.45) is 16.5. The van der Waals surface area contributed by atoms with Gasteiger partial charge in [0.05, 0.1) is 23.0 Å². The monoisotopic (exact) mass is 556 g/mol. The predicted octanol–water partition coefficient (Wildman–Crippen LogP) is 7.39. The third-order valence-electron chi connectivity index (χ3n) is 8.19. The van der Waals surface area contributed by atoms with Crippen LogP contribution in [0.4, 0.5) is 0 Å². The molecule has 0 aromatic rings. The van der Waals surface area contributed by atoms with Crippen molar-refractivity contribution in [3.63, 3.8) is 0 Å². The molecule has 4 N–H and O–H groups in total. The van der Waals surface area contributed by atoms with Crippen LogP contribution in [-0.2, 0) is 9.59 Å². The molecule has 0 spiro atoms. The van der Waals surface area contributed by atoms with E-state index in [0.29, 0.717) is 25.7 Å². The van der Waals surface area contributed by atoms with Gasteiger partial charge < -0.3 is 20.4 Å². The highest BCUT2D eigenvalue weighted by atomic mass is 16.4. The number of carboxylic acids is 2. The number of carbonyl (C=O) groups is 2. The van der Waals surface area contributed by atoms with Crippen molar-refractivity contribution < 1.29 is 30.0 Å². The SMILES string of the molecule is CC1(C)C=C(C=CC2=CC(C)(C)C=C(CCCCC(C)(C)C(=O)O)C2O)C(O)C(CCCCC(C)(C)C(=O)O)=C1. The van der Waals surface area contributed by atoms with Gasteiger partial charge in [0.25, 0.3) is 0 Å². The molecule has 2 aliphatic carbocycles. The summed E-state index contributed by atoms with van der Waals surface area (Å²) in [5.41, 5.74) is 1.52. The van der Waals surface area contributed by atoms with Crippen LogP contribution in [0.15, 0.2) is 58.7 Å². The van der Waals surface area contributed by atoms with Crippen LogP contribution in [0.5, 0.6) is 0 Å². The molecule has 2 unspecified atom stereocenters. The van der Waals surface area contributed by atoms with E-state index in [0.717, 1.165) is 48.0 Å². The lowest BCUT2D eigenvalue weighted by Gasteiger charge is -2.31. The maximum Gasteiger partial charge on any atom is 0.309 e. The molecule has 0 fully saturated rings. The number of carboxylic acid groups (broad SMARTS) is 2. The molecule has 0 bridgehead atoms. The van der Waals surface area contributed by atoms with Crippen molar-refractivity contribution in [2.75, 3.05) is 0 Å². The van der Waals surface area contributed by atoms with E-state index in [1.54, 1.807) is 27.7 Å². The molecule has 6 heteroatoms. The second kappa shape index (κ2) is 13.0. The van der Waals surface area contributed by atoms with Gasteiger partial charge in [-0.3, -0.25) is 9.59 Å². The van der Waals surface area contributed by atoms with E-state index in [9.17, 15) is 30.0 Å². The summed E-state index contributed by atoms with van der Waals surface area (Å²) in [4.78, 5) is 22.8. The minimum Gasteiger partial charge on any atom is -0.481 e. The zero-order valence-corrected chi connectivity index (χ0v) is 25.9. The van der Waals surface area contributed by atoms with E-state index in [1.807, 2.05) is 12.2 Å². The average molecular weight is 557 g/mol. The first-order valence-corrected chi connectivity index (χ1v) is 14.7. The van der Waals surface area contributed by atoms with Crippen LogP contribution >= 0.6 is 0 Å². The molecular weight excluding hydrogens is 504 g/mol. The molecule has 0 amide bonds. The summed E-state index contributed by atoms with van der Waals surface area (Å²) in [6.45, 7) is 15.4. The summed E-state index contributed by atoms with van der Waals surface area (Å²) in [7, 11) is 0. The molecule has 2 rings (SSSR count). The van der Waals surface area contributed by atoms with Crippen molar-refractivity contribution in [2.45, 2.75) is 119 Å². The van der Waals surface area contributed by atoms with Crippen molar-refractivity contribution >= 4 is 11.9 Å². The molecule has 0 heterocycles. The van der Waals surface area contributed by atoms with Crippen molar-refractivity contribution in [3.8, 4) is 0 Å². The topological polar surface area (TPSA) is 115 Å².